The van der Waals surface area contributed by atoms with Crippen molar-refractivity contribution in [2.75, 3.05) is 63.9 Å². The number of likely N-dealkylation sites (N-methyl/N-ethyl adjacent to an activating group) is 1. The first-order valence-electron chi connectivity index (χ1n) is 13.5. The van der Waals surface area contributed by atoms with Gasteiger partial charge in [-0.05, 0) is 24.1 Å². The van der Waals surface area contributed by atoms with Crippen molar-refractivity contribution in [3.05, 3.63) is 70.3 Å². The Balaban J connectivity index is 1.50. The molecule has 4 aromatic rings. The summed E-state index contributed by atoms with van der Waals surface area (Å²) >= 11 is 0. The van der Waals surface area contributed by atoms with E-state index in [1.807, 2.05) is 45.9 Å². The number of pyridine rings is 1. The highest BCUT2D eigenvalue weighted by atomic mass is 19.1. The van der Waals surface area contributed by atoms with Gasteiger partial charge in [-0.15, -0.1) is 0 Å². The van der Waals surface area contributed by atoms with Gasteiger partial charge in [-0.3, -0.25) is 9.59 Å². The van der Waals surface area contributed by atoms with E-state index < -0.39 is 11.2 Å². The summed E-state index contributed by atoms with van der Waals surface area (Å²) in [6.07, 6.45) is 1.62. The van der Waals surface area contributed by atoms with Crippen molar-refractivity contribution in [1.29, 1.82) is 0 Å². The van der Waals surface area contributed by atoms with Crippen LogP contribution in [-0.4, -0.2) is 79.3 Å². The number of benzene rings is 3. The van der Waals surface area contributed by atoms with Crippen molar-refractivity contribution in [2.24, 2.45) is 0 Å². The predicted octanol–water partition coefficient (Wildman–Crippen LogP) is 4.00. The predicted molar refractivity (Wildman–Crippen MR) is 148 cm³/mol. The van der Waals surface area contributed by atoms with Crippen molar-refractivity contribution in [1.82, 2.24) is 14.4 Å². The van der Waals surface area contributed by atoms with Crippen LogP contribution in [0.1, 0.15) is 17.3 Å². The monoisotopic (exact) mass is 528 g/mol. The number of ether oxygens (including phenoxy) is 2. The van der Waals surface area contributed by atoms with Gasteiger partial charge in [-0.2, -0.15) is 0 Å². The first kappa shape index (κ1) is 24.1. The Bertz CT molecular complexity index is 1690. The second-order valence-electron chi connectivity index (χ2n) is 10.2. The number of piperazine rings is 1. The van der Waals surface area contributed by atoms with E-state index in [4.69, 9.17) is 9.47 Å². The molecule has 0 aliphatic carbocycles. The zero-order chi connectivity index (χ0) is 26.7. The molecule has 0 N–H and O–H groups in total. The van der Waals surface area contributed by atoms with E-state index in [-0.39, 0.29) is 16.9 Å². The maximum absolute atomic E-state index is 16.0. The van der Waals surface area contributed by atoms with Crippen LogP contribution in [0.25, 0.3) is 27.4 Å². The van der Waals surface area contributed by atoms with Crippen LogP contribution in [0.5, 0.6) is 11.5 Å². The smallest absolute Gasteiger partial charge is 0.259 e. The molecule has 0 radical (unpaired) electrons. The summed E-state index contributed by atoms with van der Waals surface area (Å²) in [5.41, 5.74) is 1.09. The standard InChI is InChI=1S/C30H29FN4O4/c1-2-32-9-11-33(12-10-32)27-23(31)17-21-26-29(27)39-24-8-7-19-5-3-4-6-20(19)25(24)35(26)18-22(28(21)36)30(37)34-13-15-38-16-14-34/h3-8,17-18H,2,9-16H2,1H3. The number of morpholine rings is 1. The zero-order valence-electron chi connectivity index (χ0n) is 21.8. The number of halogens is 1. The molecule has 3 aliphatic heterocycles. The Morgan fingerprint density at radius 1 is 0.949 bits per heavy atom. The fourth-order valence-corrected chi connectivity index (χ4v) is 6.04. The van der Waals surface area contributed by atoms with Gasteiger partial charge >= 0.3 is 0 Å². The SMILES string of the molecule is CCN1CCN(c2c(F)cc3c(=O)c(C(=O)N4CCOCC4)cn4c3c2Oc2ccc3ccccc3c2-4)CC1. The lowest BCUT2D eigenvalue weighted by atomic mass is 10.0. The highest BCUT2D eigenvalue weighted by molar-refractivity contribution is 6.04. The van der Waals surface area contributed by atoms with Gasteiger partial charge in [0.15, 0.2) is 17.3 Å². The number of hydrogen-bond acceptors (Lipinski definition) is 6. The summed E-state index contributed by atoms with van der Waals surface area (Å²) in [6, 6.07) is 13.0. The minimum Gasteiger partial charge on any atom is -0.451 e. The summed E-state index contributed by atoms with van der Waals surface area (Å²) in [7, 11) is 0. The van der Waals surface area contributed by atoms with Crippen LogP contribution in [0.4, 0.5) is 10.1 Å². The summed E-state index contributed by atoms with van der Waals surface area (Å²) < 4.78 is 29.7. The van der Waals surface area contributed by atoms with Crippen molar-refractivity contribution in [3.63, 3.8) is 0 Å². The molecule has 2 fully saturated rings. The summed E-state index contributed by atoms with van der Waals surface area (Å²) in [4.78, 5) is 33.4. The Morgan fingerprint density at radius 3 is 2.49 bits per heavy atom. The number of carbonyl (C=O) groups excluding carboxylic acids is 1. The van der Waals surface area contributed by atoms with E-state index in [9.17, 15) is 9.59 Å². The van der Waals surface area contributed by atoms with Crippen LogP contribution < -0.4 is 15.1 Å². The van der Waals surface area contributed by atoms with Crippen LogP contribution >= 0.6 is 0 Å². The fraction of sp³-hybridized carbons (Fsp3) is 0.333. The molecule has 0 unspecified atom stereocenters. The van der Waals surface area contributed by atoms with Gasteiger partial charge in [0.05, 0.1) is 24.3 Å². The molecule has 0 atom stereocenters. The van der Waals surface area contributed by atoms with Crippen LogP contribution in [0.2, 0.25) is 0 Å². The second-order valence-corrected chi connectivity index (χ2v) is 10.2. The topological polar surface area (TPSA) is 67.2 Å². The lowest BCUT2D eigenvalue weighted by Gasteiger charge is -2.37. The van der Waals surface area contributed by atoms with E-state index in [0.29, 0.717) is 62.1 Å². The number of nitrogens with zero attached hydrogens (tertiary/aromatic N) is 4. The second kappa shape index (κ2) is 9.36. The number of fused-ring (bicyclic) bond motifs is 4. The maximum Gasteiger partial charge on any atom is 0.259 e. The van der Waals surface area contributed by atoms with E-state index in [2.05, 4.69) is 11.8 Å². The normalized spacial score (nSPS) is 17.4. The Labute approximate surface area is 224 Å². The number of carbonyl (C=O) groups is 1. The molecule has 8 nitrogen and oxygen atoms in total. The first-order valence-corrected chi connectivity index (χ1v) is 13.5. The third-order valence-corrected chi connectivity index (χ3v) is 8.15. The molecular weight excluding hydrogens is 499 g/mol. The van der Waals surface area contributed by atoms with Crippen LogP contribution in [0.15, 0.2) is 53.5 Å². The lowest BCUT2D eigenvalue weighted by Crippen LogP contribution is -2.46. The maximum atomic E-state index is 16.0. The molecule has 3 aliphatic rings. The molecule has 0 bridgehead atoms. The van der Waals surface area contributed by atoms with Crippen molar-refractivity contribution in [2.45, 2.75) is 6.92 Å². The molecule has 0 saturated carbocycles. The summed E-state index contributed by atoms with van der Waals surface area (Å²) in [6.45, 7) is 7.63. The molecule has 1 aromatic heterocycles. The molecule has 200 valence electrons. The number of anilines is 1. The molecule has 3 aromatic carbocycles. The highest BCUT2D eigenvalue weighted by Gasteiger charge is 2.33. The third kappa shape index (κ3) is 3.79. The Kier molecular flexibility index (Phi) is 5.79. The largest absolute Gasteiger partial charge is 0.451 e. The minimum atomic E-state index is -0.522. The van der Waals surface area contributed by atoms with Gasteiger partial charge < -0.3 is 28.7 Å². The molecule has 0 spiro atoms. The summed E-state index contributed by atoms with van der Waals surface area (Å²) in [5.74, 6) is -0.0228. The van der Waals surface area contributed by atoms with Crippen molar-refractivity contribution < 1.29 is 18.7 Å². The van der Waals surface area contributed by atoms with Crippen molar-refractivity contribution >= 4 is 33.3 Å². The van der Waals surface area contributed by atoms with E-state index in [1.165, 1.54) is 6.07 Å². The number of hydrogen-bond donors (Lipinski definition) is 0. The first-order chi connectivity index (χ1) is 19.0. The zero-order valence-corrected chi connectivity index (χ0v) is 21.8. The van der Waals surface area contributed by atoms with Crippen molar-refractivity contribution in [3.8, 4) is 17.2 Å². The molecule has 2 saturated heterocycles. The molecule has 39 heavy (non-hydrogen) atoms. The molecule has 4 heterocycles. The van der Waals surface area contributed by atoms with Crippen LogP contribution in [-0.2, 0) is 4.74 Å². The van der Waals surface area contributed by atoms with E-state index in [0.717, 1.165) is 36.1 Å². The highest BCUT2D eigenvalue weighted by Crippen LogP contribution is 2.48. The molecule has 9 heteroatoms. The van der Waals surface area contributed by atoms with Gasteiger partial charge in [0, 0.05) is 50.9 Å². The van der Waals surface area contributed by atoms with Crippen LogP contribution in [0.3, 0.4) is 0 Å². The number of amides is 1. The average molecular weight is 529 g/mol. The molecule has 1 amide bonds. The van der Waals surface area contributed by atoms with Gasteiger partial charge in [0.1, 0.15) is 16.8 Å². The van der Waals surface area contributed by atoms with Gasteiger partial charge in [-0.25, -0.2) is 4.39 Å². The summed E-state index contributed by atoms with van der Waals surface area (Å²) in [5, 5.41) is 2.04. The Morgan fingerprint density at radius 2 is 1.72 bits per heavy atom. The average Bonchev–Trinajstić information content (AvgIpc) is 2.98. The van der Waals surface area contributed by atoms with Gasteiger partial charge in [0.2, 0.25) is 5.43 Å². The van der Waals surface area contributed by atoms with E-state index in [1.54, 1.807) is 11.1 Å². The van der Waals surface area contributed by atoms with E-state index >= 15 is 4.39 Å². The van der Waals surface area contributed by atoms with Gasteiger partial charge in [-0.1, -0.05) is 37.3 Å². The lowest BCUT2D eigenvalue weighted by molar-refractivity contribution is 0.0302. The number of aromatic nitrogens is 1. The Hall–Kier alpha value is -3.95. The van der Waals surface area contributed by atoms with Gasteiger partial charge in [0.25, 0.3) is 5.91 Å². The third-order valence-electron chi connectivity index (χ3n) is 8.15. The minimum absolute atomic E-state index is 0.0137. The number of rotatable bonds is 3. The molecular formula is C30H29FN4O4. The molecule has 7 rings (SSSR count). The quantitative estimate of drug-likeness (QED) is 0.353. The van der Waals surface area contributed by atoms with Crippen LogP contribution in [0, 0.1) is 5.82 Å². The fourth-order valence-electron chi connectivity index (χ4n) is 6.04.